The third kappa shape index (κ3) is 2.40. The molecule has 4 nitrogen and oxygen atoms in total. The van der Waals surface area contributed by atoms with Crippen molar-refractivity contribution >= 4 is 5.91 Å². The molecule has 1 atom stereocenters. The number of likely N-dealkylation sites (N-methyl/N-ethyl adjacent to an activating group) is 1. The van der Waals surface area contributed by atoms with Crippen molar-refractivity contribution in [2.24, 2.45) is 0 Å². The van der Waals surface area contributed by atoms with Crippen molar-refractivity contribution in [2.75, 3.05) is 19.7 Å². The van der Waals surface area contributed by atoms with Gasteiger partial charge in [-0.2, -0.15) is 0 Å². The van der Waals surface area contributed by atoms with E-state index in [1.54, 1.807) is 11.0 Å². The molecule has 1 aromatic carbocycles. The second kappa shape index (κ2) is 5.46. The topological polar surface area (TPSA) is 38.8 Å². The first kappa shape index (κ1) is 12.3. The Hall–Kier alpha value is -2.15. The van der Waals surface area contributed by atoms with Crippen LogP contribution in [0.5, 0.6) is 11.5 Å². The first-order valence-electron chi connectivity index (χ1n) is 5.87. The van der Waals surface area contributed by atoms with E-state index in [9.17, 15) is 4.79 Å². The van der Waals surface area contributed by atoms with Gasteiger partial charge in [-0.3, -0.25) is 4.79 Å². The number of hydrogen-bond acceptors (Lipinski definition) is 3. The highest BCUT2D eigenvalue weighted by atomic mass is 16.6. The maximum absolute atomic E-state index is 12.2. The summed E-state index contributed by atoms with van der Waals surface area (Å²) in [7, 11) is 0. The molecule has 2 rings (SSSR count). The van der Waals surface area contributed by atoms with Crippen LogP contribution < -0.4 is 9.47 Å². The summed E-state index contributed by atoms with van der Waals surface area (Å²) >= 11 is 0. The van der Waals surface area contributed by atoms with Gasteiger partial charge in [0.2, 0.25) is 6.10 Å². The summed E-state index contributed by atoms with van der Waals surface area (Å²) in [6.07, 6.45) is 4.62. The predicted molar refractivity (Wildman–Crippen MR) is 67.4 cm³/mol. The number of carbonyl (C=O) groups excluding carboxylic acids is 1. The van der Waals surface area contributed by atoms with Gasteiger partial charge < -0.3 is 14.4 Å². The largest absolute Gasteiger partial charge is 0.485 e. The van der Waals surface area contributed by atoms with Crippen LogP contribution in [-0.4, -0.2) is 36.6 Å². The number of ether oxygens (including phenoxy) is 2. The second-order valence-corrected chi connectivity index (χ2v) is 3.92. The Morgan fingerprint density at radius 2 is 2.22 bits per heavy atom. The molecule has 0 bridgehead atoms. The van der Waals surface area contributed by atoms with Crippen molar-refractivity contribution in [3.8, 4) is 23.8 Å². The summed E-state index contributed by atoms with van der Waals surface area (Å²) in [6, 6.07) is 7.30. The van der Waals surface area contributed by atoms with Crippen LogP contribution >= 0.6 is 0 Å². The molecule has 18 heavy (non-hydrogen) atoms. The monoisotopic (exact) mass is 245 g/mol. The van der Waals surface area contributed by atoms with E-state index in [2.05, 4.69) is 5.92 Å². The lowest BCUT2D eigenvalue weighted by atomic mass is 10.2. The Morgan fingerprint density at radius 1 is 1.50 bits per heavy atom. The lowest BCUT2D eigenvalue weighted by Crippen LogP contribution is -2.46. The molecule has 1 unspecified atom stereocenters. The molecule has 1 heterocycles. The second-order valence-electron chi connectivity index (χ2n) is 3.92. The zero-order valence-corrected chi connectivity index (χ0v) is 10.3. The van der Waals surface area contributed by atoms with Gasteiger partial charge in [0, 0.05) is 6.54 Å². The van der Waals surface area contributed by atoms with Crippen molar-refractivity contribution in [1.82, 2.24) is 4.90 Å². The highest BCUT2D eigenvalue weighted by Crippen LogP contribution is 2.31. The molecular formula is C14H15NO3. The third-order valence-corrected chi connectivity index (χ3v) is 2.76. The van der Waals surface area contributed by atoms with E-state index < -0.39 is 6.10 Å². The van der Waals surface area contributed by atoms with Crippen LogP contribution in [0.4, 0.5) is 0 Å². The fourth-order valence-electron chi connectivity index (χ4n) is 1.80. The Morgan fingerprint density at radius 3 is 2.89 bits per heavy atom. The van der Waals surface area contributed by atoms with Gasteiger partial charge in [0.1, 0.15) is 6.61 Å². The fraction of sp³-hybridized carbons (Fsp3) is 0.357. The molecule has 0 radical (unpaired) electrons. The lowest BCUT2D eigenvalue weighted by Gasteiger charge is -2.29. The van der Waals surface area contributed by atoms with Crippen molar-refractivity contribution < 1.29 is 14.3 Å². The molecule has 1 aliphatic heterocycles. The molecule has 4 heteroatoms. The Labute approximate surface area is 106 Å². The number of carbonyl (C=O) groups is 1. The minimum Gasteiger partial charge on any atom is -0.485 e. The number of benzene rings is 1. The predicted octanol–water partition coefficient (Wildman–Crippen LogP) is 1.31. The average molecular weight is 245 g/mol. The number of terminal acetylenes is 1. The van der Waals surface area contributed by atoms with E-state index >= 15 is 0 Å². The number of fused-ring (bicyclic) bond motifs is 1. The van der Waals surface area contributed by atoms with E-state index in [1.807, 2.05) is 25.1 Å². The molecule has 0 saturated carbocycles. The van der Waals surface area contributed by atoms with Gasteiger partial charge in [-0.05, 0) is 19.1 Å². The summed E-state index contributed by atoms with van der Waals surface area (Å²) < 4.78 is 11.1. The van der Waals surface area contributed by atoms with Crippen molar-refractivity contribution in [3.63, 3.8) is 0 Å². The van der Waals surface area contributed by atoms with Crippen LogP contribution in [0.3, 0.4) is 0 Å². The quantitative estimate of drug-likeness (QED) is 0.754. The normalized spacial score (nSPS) is 16.8. The van der Waals surface area contributed by atoms with Gasteiger partial charge in [0.05, 0.1) is 6.54 Å². The number of rotatable bonds is 3. The van der Waals surface area contributed by atoms with Crippen LogP contribution in [0.25, 0.3) is 0 Å². The number of amides is 1. The summed E-state index contributed by atoms with van der Waals surface area (Å²) in [5.74, 6) is 3.60. The van der Waals surface area contributed by atoms with E-state index in [-0.39, 0.29) is 19.1 Å². The Kier molecular flexibility index (Phi) is 3.73. The standard InChI is InChI=1S/C14H15NO3/c1-3-9-15(4-2)14(16)13-10-17-11-7-5-6-8-12(11)18-13/h1,5-8,13H,4,9-10H2,2H3. The van der Waals surface area contributed by atoms with Gasteiger partial charge in [-0.1, -0.05) is 18.1 Å². The molecule has 1 aromatic rings. The van der Waals surface area contributed by atoms with Crippen LogP contribution in [-0.2, 0) is 4.79 Å². The number of para-hydroxylation sites is 2. The molecule has 1 aliphatic rings. The Balaban J connectivity index is 2.09. The highest BCUT2D eigenvalue weighted by molar-refractivity contribution is 5.82. The average Bonchev–Trinajstić information content (AvgIpc) is 2.43. The van der Waals surface area contributed by atoms with Crippen molar-refractivity contribution in [3.05, 3.63) is 24.3 Å². The minimum atomic E-state index is -0.617. The van der Waals surface area contributed by atoms with Crippen molar-refractivity contribution in [1.29, 1.82) is 0 Å². The van der Waals surface area contributed by atoms with Crippen molar-refractivity contribution in [2.45, 2.75) is 13.0 Å². The van der Waals surface area contributed by atoms with Crippen LogP contribution in [0.15, 0.2) is 24.3 Å². The summed E-state index contributed by atoms with van der Waals surface area (Å²) in [5.41, 5.74) is 0. The van der Waals surface area contributed by atoms with E-state index in [0.717, 1.165) is 0 Å². The molecule has 94 valence electrons. The fourth-order valence-corrected chi connectivity index (χ4v) is 1.80. The van der Waals surface area contributed by atoms with Gasteiger partial charge in [-0.15, -0.1) is 6.42 Å². The Bertz CT molecular complexity index is 478. The smallest absolute Gasteiger partial charge is 0.268 e. The van der Waals surface area contributed by atoms with E-state index in [0.29, 0.717) is 18.0 Å². The molecule has 0 aromatic heterocycles. The van der Waals surface area contributed by atoms with E-state index in [1.165, 1.54) is 0 Å². The van der Waals surface area contributed by atoms with Crippen LogP contribution in [0, 0.1) is 12.3 Å². The maximum atomic E-state index is 12.2. The van der Waals surface area contributed by atoms with Gasteiger partial charge in [0.15, 0.2) is 11.5 Å². The highest BCUT2D eigenvalue weighted by Gasteiger charge is 2.30. The maximum Gasteiger partial charge on any atom is 0.268 e. The lowest BCUT2D eigenvalue weighted by molar-refractivity contribution is -0.140. The first-order valence-corrected chi connectivity index (χ1v) is 5.87. The summed E-state index contributed by atoms with van der Waals surface area (Å²) in [5, 5.41) is 0. The molecule has 0 spiro atoms. The summed E-state index contributed by atoms with van der Waals surface area (Å²) in [4.78, 5) is 13.7. The molecule has 0 saturated heterocycles. The van der Waals surface area contributed by atoms with Gasteiger partial charge in [0.25, 0.3) is 5.91 Å². The van der Waals surface area contributed by atoms with Crippen LogP contribution in [0.1, 0.15) is 6.92 Å². The van der Waals surface area contributed by atoms with E-state index in [4.69, 9.17) is 15.9 Å². The third-order valence-electron chi connectivity index (χ3n) is 2.76. The molecular weight excluding hydrogens is 230 g/mol. The van der Waals surface area contributed by atoms with Crippen LogP contribution in [0.2, 0.25) is 0 Å². The summed E-state index contributed by atoms with van der Waals surface area (Å²) in [6.45, 7) is 2.95. The minimum absolute atomic E-state index is 0.134. The molecule has 0 fully saturated rings. The first-order chi connectivity index (χ1) is 8.76. The number of nitrogens with zero attached hydrogens (tertiary/aromatic N) is 1. The SMILES string of the molecule is C#CCN(CC)C(=O)C1COc2ccccc2O1. The number of hydrogen-bond donors (Lipinski definition) is 0. The molecule has 0 aliphatic carbocycles. The van der Waals surface area contributed by atoms with Gasteiger partial charge >= 0.3 is 0 Å². The molecule has 0 N–H and O–H groups in total. The van der Waals surface area contributed by atoms with Gasteiger partial charge in [-0.25, -0.2) is 0 Å². The molecule has 1 amide bonds. The zero-order chi connectivity index (χ0) is 13.0. The zero-order valence-electron chi connectivity index (χ0n) is 10.3.